The molecule has 0 radical (unpaired) electrons. The Morgan fingerprint density at radius 3 is 2.88 bits per heavy atom. The van der Waals surface area contributed by atoms with Gasteiger partial charge >= 0.3 is 0 Å². The molecule has 0 atom stereocenters. The summed E-state index contributed by atoms with van der Waals surface area (Å²) in [6, 6.07) is 10.0. The molecule has 1 N–H and O–H groups in total. The molecule has 0 spiro atoms. The monoisotopic (exact) mass is 233 g/mol. The molecule has 90 valence electrons. The lowest BCUT2D eigenvalue weighted by atomic mass is 10.1. The van der Waals surface area contributed by atoms with Crippen LogP contribution in [0.3, 0.4) is 0 Å². The Morgan fingerprint density at radius 1 is 1.29 bits per heavy atom. The summed E-state index contributed by atoms with van der Waals surface area (Å²) in [5, 5.41) is 3.91. The fraction of sp³-hybridized carbons (Fsp3) is 0.333. The summed E-state index contributed by atoms with van der Waals surface area (Å²) in [4.78, 5) is 9.24. The van der Waals surface area contributed by atoms with Gasteiger partial charge in [0.15, 0.2) is 5.82 Å². The van der Waals surface area contributed by atoms with Gasteiger partial charge in [-0.3, -0.25) is 0 Å². The van der Waals surface area contributed by atoms with E-state index in [0.717, 1.165) is 5.56 Å². The van der Waals surface area contributed by atoms with Gasteiger partial charge in [0.2, 0.25) is 5.89 Å². The van der Waals surface area contributed by atoms with Crippen LogP contribution in [0.25, 0.3) is 0 Å². The van der Waals surface area contributed by atoms with Gasteiger partial charge < -0.3 is 9.36 Å². The molecule has 0 unspecified atom stereocenters. The summed E-state index contributed by atoms with van der Waals surface area (Å²) in [6.07, 6.45) is 0.680. The van der Waals surface area contributed by atoms with Gasteiger partial charge in [0.1, 0.15) is 6.54 Å². The molecular formula is C12H15N3O2. The van der Waals surface area contributed by atoms with Gasteiger partial charge in [-0.1, -0.05) is 35.5 Å². The van der Waals surface area contributed by atoms with Gasteiger partial charge in [0.05, 0.1) is 6.61 Å². The molecule has 0 saturated heterocycles. The molecule has 1 aromatic heterocycles. The van der Waals surface area contributed by atoms with Gasteiger partial charge in [-0.15, -0.1) is 0 Å². The minimum absolute atomic E-state index is 0.426. The first-order valence-corrected chi connectivity index (χ1v) is 5.58. The van der Waals surface area contributed by atoms with Crippen molar-refractivity contribution >= 4 is 0 Å². The highest BCUT2D eigenvalue weighted by Gasteiger charge is 2.06. The van der Waals surface area contributed by atoms with Crippen LogP contribution < -0.4 is 5.48 Å². The Morgan fingerprint density at radius 2 is 2.12 bits per heavy atom. The molecule has 1 aromatic carbocycles. The van der Waals surface area contributed by atoms with Crippen molar-refractivity contribution in [1.29, 1.82) is 0 Å². The molecule has 0 aliphatic heterocycles. The Balaban J connectivity index is 1.90. The van der Waals surface area contributed by atoms with E-state index < -0.39 is 0 Å². The third kappa shape index (κ3) is 3.65. The van der Waals surface area contributed by atoms with Crippen LogP contribution in [0, 0.1) is 0 Å². The van der Waals surface area contributed by atoms with Crippen LogP contribution in [-0.2, 0) is 17.8 Å². The van der Waals surface area contributed by atoms with Crippen molar-refractivity contribution in [3.05, 3.63) is 47.6 Å². The molecule has 0 aliphatic rings. The first-order chi connectivity index (χ1) is 8.38. The molecule has 5 nitrogen and oxygen atoms in total. The Labute approximate surface area is 99.8 Å². The maximum atomic E-state index is 5.08. The number of hydroxylamine groups is 1. The highest BCUT2D eigenvalue weighted by atomic mass is 16.6. The molecule has 0 amide bonds. The normalized spacial score (nSPS) is 10.6. The van der Waals surface area contributed by atoms with E-state index in [1.54, 1.807) is 0 Å². The molecule has 17 heavy (non-hydrogen) atoms. The first kappa shape index (κ1) is 11.8. The van der Waals surface area contributed by atoms with Gasteiger partial charge in [-0.25, -0.2) is 0 Å². The van der Waals surface area contributed by atoms with Crippen molar-refractivity contribution in [2.75, 3.05) is 6.61 Å². The molecule has 0 bridgehead atoms. The number of hydrogen-bond acceptors (Lipinski definition) is 5. The van der Waals surface area contributed by atoms with Crippen molar-refractivity contribution in [3.8, 4) is 0 Å². The number of benzene rings is 1. The highest BCUT2D eigenvalue weighted by Crippen LogP contribution is 2.06. The van der Waals surface area contributed by atoms with E-state index in [0.29, 0.717) is 31.3 Å². The molecular weight excluding hydrogens is 218 g/mol. The van der Waals surface area contributed by atoms with Crippen molar-refractivity contribution in [2.24, 2.45) is 0 Å². The summed E-state index contributed by atoms with van der Waals surface area (Å²) in [6.45, 7) is 2.93. The van der Waals surface area contributed by atoms with Gasteiger partial charge in [0, 0.05) is 6.42 Å². The maximum absolute atomic E-state index is 5.08. The summed E-state index contributed by atoms with van der Waals surface area (Å²) in [5.41, 5.74) is 3.90. The standard InChI is InChI=1S/C12H15N3O2/c1-2-16-13-9-12-14-11(15-17-12)8-10-6-4-3-5-7-10/h3-7,13H,2,8-9H2,1H3. The largest absolute Gasteiger partial charge is 0.338 e. The third-order valence-electron chi connectivity index (χ3n) is 2.19. The second-order valence-electron chi connectivity index (χ2n) is 3.52. The van der Waals surface area contributed by atoms with E-state index >= 15 is 0 Å². The van der Waals surface area contributed by atoms with Crippen LogP contribution in [0.5, 0.6) is 0 Å². The van der Waals surface area contributed by atoms with Gasteiger partial charge in [-0.05, 0) is 12.5 Å². The van der Waals surface area contributed by atoms with E-state index in [-0.39, 0.29) is 0 Å². The van der Waals surface area contributed by atoms with E-state index in [1.165, 1.54) is 0 Å². The van der Waals surface area contributed by atoms with Crippen LogP contribution in [-0.4, -0.2) is 16.7 Å². The summed E-state index contributed by atoms with van der Waals surface area (Å²) in [5.74, 6) is 1.22. The summed E-state index contributed by atoms with van der Waals surface area (Å²) < 4.78 is 5.08. The zero-order valence-electron chi connectivity index (χ0n) is 9.72. The maximum Gasteiger partial charge on any atom is 0.242 e. The predicted octanol–water partition coefficient (Wildman–Crippen LogP) is 1.70. The molecule has 0 fully saturated rings. The van der Waals surface area contributed by atoms with Crippen LogP contribution in [0.2, 0.25) is 0 Å². The van der Waals surface area contributed by atoms with Gasteiger partial charge in [0.25, 0.3) is 0 Å². The average molecular weight is 233 g/mol. The fourth-order valence-corrected chi connectivity index (χ4v) is 1.43. The first-order valence-electron chi connectivity index (χ1n) is 5.58. The number of hydrogen-bond donors (Lipinski definition) is 1. The number of rotatable bonds is 6. The lowest BCUT2D eigenvalue weighted by Crippen LogP contribution is -2.13. The number of nitrogens with one attached hydrogen (secondary N) is 1. The lowest BCUT2D eigenvalue weighted by Gasteiger charge is -1.97. The Kier molecular flexibility index (Phi) is 4.23. The molecule has 2 aromatic rings. The highest BCUT2D eigenvalue weighted by molar-refractivity contribution is 5.18. The van der Waals surface area contributed by atoms with Crippen LogP contribution in [0.1, 0.15) is 24.2 Å². The minimum Gasteiger partial charge on any atom is -0.338 e. The zero-order valence-corrected chi connectivity index (χ0v) is 9.72. The fourth-order valence-electron chi connectivity index (χ4n) is 1.43. The molecule has 5 heteroatoms. The molecule has 0 saturated carbocycles. The van der Waals surface area contributed by atoms with E-state index in [1.807, 2.05) is 37.3 Å². The number of nitrogens with zero attached hydrogens (tertiary/aromatic N) is 2. The minimum atomic E-state index is 0.426. The lowest BCUT2D eigenvalue weighted by molar-refractivity contribution is 0.0404. The van der Waals surface area contributed by atoms with Crippen molar-refractivity contribution in [2.45, 2.75) is 19.9 Å². The average Bonchev–Trinajstić information content (AvgIpc) is 2.79. The van der Waals surface area contributed by atoms with Crippen LogP contribution in [0.4, 0.5) is 0 Å². The van der Waals surface area contributed by atoms with Crippen molar-refractivity contribution < 1.29 is 9.36 Å². The molecule has 2 rings (SSSR count). The van der Waals surface area contributed by atoms with Crippen LogP contribution >= 0.6 is 0 Å². The molecule has 0 aliphatic carbocycles. The van der Waals surface area contributed by atoms with Crippen molar-refractivity contribution in [1.82, 2.24) is 15.6 Å². The Hall–Kier alpha value is -1.72. The predicted molar refractivity (Wildman–Crippen MR) is 62.0 cm³/mol. The quantitative estimate of drug-likeness (QED) is 0.608. The van der Waals surface area contributed by atoms with E-state index in [2.05, 4.69) is 15.6 Å². The summed E-state index contributed by atoms with van der Waals surface area (Å²) >= 11 is 0. The van der Waals surface area contributed by atoms with E-state index in [9.17, 15) is 0 Å². The smallest absolute Gasteiger partial charge is 0.242 e. The molecule has 1 heterocycles. The second-order valence-corrected chi connectivity index (χ2v) is 3.52. The van der Waals surface area contributed by atoms with E-state index in [4.69, 9.17) is 9.36 Å². The van der Waals surface area contributed by atoms with Crippen molar-refractivity contribution in [3.63, 3.8) is 0 Å². The summed E-state index contributed by atoms with van der Waals surface area (Å²) in [7, 11) is 0. The third-order valence-corrected chi connectivity index (χ3v) is 2.19. The Bertz CT molecular complexity index is 442. The topological polar surface area (TPSA) is 60.2 Å². The zero-order chi connectivity index (χ0) is 11.9. The van der Waals surface area contributed by atoms with Crippen LogP contribution in [0.15, 0.2) is 34.9 Å². The van der Waals surface area contributed by atoms with Gasteiger partial charge in [-0.2, -0.15) is 10.5 Å². The SMILES string of the molecule is CCONCc1nc(Cc2ccccc2)no1. The number of aromatic nitrogens is 2. The second kappa shape index (κ2) is 6.12.